The molecule has 6 heteroatoms. The predicted octanol–water partition coefficient (Wildman–Crippen LogP) is 5.41. The molecule has 0 bridgehead atoms. The molecular formula is C19H16ClN3O2. The second-order valence-corrected chi connectivity index (χ2v) is 6.11. The van der Waals surface area contributed by atoms with Gasteiger partial charge in [0.05, 0.1) is 10.6 Å². The number of aromatic nitrogens is 1. The number of rotatable bonds is 4. The van der Waals surface area contributed by atoms with Crippen molar-refractivity contribution in [1.82, 2.24) is 4.57 Å². The lowest BCUT2D eigenvalue weighted by Crippen LogP contribution is -1.99. The molecule has 126 valence electrons. The molecule has 3 aromatic rings. The number of benzene rings is 2. The first kappa shape index (κ1) is 16.9. The van der Waals surface area contributed by atoms with Gasteiger partial charge in [-0.2, -0.15) is 0 Å². The van der Waals surface area contributed by atoms with E-state index in [0.717, 1.165) is 22.6 Å². The van der Waals surface area contributed by atoms with Crippen molar-refractivity contribution in [2.75, 3.05) is 0 Å². The van der Waals surface area contributed by atoms with Crippen molar-refractivity contribution < 1.29 is 4.92 Å². The fourth-order valence-electron chi connectivity index (χ4n) is 2.71. The van der Waals surface area contributed by atoms with Gasteiger partial charge in [-0.3, -0.25) is 15.1 Å². The van der Waals surface area contributed by atoms with E-state index in [2.05, 4.69) is 15.6 Å². The molecule has 25 heavy (non-hydrogen) atoms. The Morgan fingerprint density at radius 1 is 1.08 bits per heavy atom. The molecule has 2 aromatic carbocycles. The zero-order chi connectivity index (χ0) is 18.0. The summed E-state index contributed by atoms with van der Waals surface area (Å²) in [5.74, 6) is 0. The number of aliphatic imine (C=N–C) groups is 1. The van der Waals surface area contributed by atoms with Crippen LogP contribution in [0.2, 0.25) is 5.02 Å². The number of nitrogens with zero attached hydrogens (tertiary/aromatic N) is 3. The molecule has 0 amide bonds. The van der Waals surface area contributed by atoms with E-state index in [0.29, 0.717) is 10.7 Å². The van der Waals surface area contributed by atoms with Gasteiger partial charge < -0.3 is 4.57 Å². The number of hydrogen-bond acceptors (Lipinski definition) is 3. The summed E-state index contributed by atoms with van der Waals surface area (Å²) in [6.45, 7) is 4.06. The highest BCUT2D eigenvalue weighted by Gasteiger charge is 2.09. The number of non-ortho nitro benzene ring substituents is 1. The Hall–Kier alpha value is -2.92. The molecule has 0 atom stereocenters. The first-order valence-corrected chi connectivity index (χ1v) is 8.07. The largest absolute Gasteiger partial charge is 0.318 e. The van der Waals surface area contributed by atoms with E-state index < -0.39 is 4.92 Å². The molecule has 0 aliphatic rings. The lowest BCUT2D eigenvalue weighted by Gasteiger charge is -2.09. The summed E-state index contributed by atoms with van der Waals surface area (Å²) in [5.41, 5.74) is 4.90. The van der Waals surface area contributed by atoms with Crippen molar-refractivity contribution in [1.29, 1.82) is 0 Å². The summed E-state index contributed by atoms with van der Waals surface area (Å²) in [7, 11) is 0. The third kappa shape index (κ3) is 3.61. The van der Waals surface area contributed by atoms with Crippen LogP contribution in [0.15, 0.2) is 59.6 Å². The van der Waals surface area contributed by atoms with Crippen molar-refractivity contribution in [3.63, 3.8) is 0 Å². The van der Waals surface area contributed by atoms with E-state index in [1.54, 1.807) is 18.3 Å². The fraction of sp³-hybridized carbons (Fsp3) is 0.105. The smallest absolute Gasteiger partial charge is 0.269 e. The van der Waals surface area contributed by atoms with Gasteiger partial charge in [-0.05, 0) is 56.3 Å². The van der Waals surface area contributed by atoms with Gasteiger partial charge in [0.15, 0.2) is 0 Å². The minimum absolute atomic E-state index is 0.0554. The molecule has 0 fully saturated rings. The average molecular weight is 354 g/mol. The topological polar surface area (TPSA) is 60.4 Å². The van der Waals surface area contributed by atoms with Gasteiger partial charge in [0.2, 0.25) is 0 Å². The summed E-state index contributed by atoms with van der Waals surface area (Å²) in [6.07, 6.45) is 1.77. The van der Waals surface area contributed by atoms with Crippen LogP contribution in [0.5, 0.6) is 0 Å². The lowest BCUT2D eigenvalue weighted by molar-refractivity contribution is -0.384. The first-order valence-electron chi connectivity index (χ1n) is 7.69. The van der Waals surface area contributed by atoms with Gasteiger partial charge >= 0.3 is 0 Å². The molecule has 0 unspecified atom stereocenters. The van der Waals surface area contributed by atoms with Crippen LogP contribution < -0.4 is 0 Å². The van der Waals surface area contributed by atoms with Gasteiger partial charge in [0.1, 0.15) is 0 Å². The molecular weight excluding hydrogens is 338 g/mol. The number of aryl methyl sites for hydroxylation is 1. The SMILES string of the molecule is Cc1cc(C=Nc2ccc([N+](=O)[O-])cc2)c(C)n1-c1ccc(Cl)cc1. The first-order chi connectivity index (χ1) is 12.0. The van der Waals surface area contributed by atoms with Crippen LogP contribution in [0.4, 0.5) is 11.4 Å². The number of nitro groups is 1. The summed E-state index contributed by atoms with van der Waals surface area (Å²) in [4.78, 5) is 14.7. The monoisotopic (exact) mass is 353 g/mol. The molecule has 1 heterocycles. The zero-order valence-corrected chi connectivity index (χ0v) is 14.6. The highest BCUT2D eigenvalue weighted by molar-refractivity contribution is 6.30. The Morgan fingerprint density at radius 2 is 1.72 bits per heavy atom. The minimum Gasteiger partial charge on any atom is -0.318 e. The van der Waals surface area contributed by atoms with Crippen LogP contribution in [0, 0.1) is 24.0 Å². The Morgan fingerprint density at radius 3 is 2.32 bits per heavy atom. The van der Waals surface area contributed by atoms with Crippen LogP contribution >= 0.6 is 11.6 Å². The number of nitro benzene ring substituents is 1. The van der Waals surface area contributed by atoms with Gasteiger partial charge in [-0.15, -0.1) is 0 Å². The Labute approximate surface area is 150 Å². The molecule has 0 radical (unpaired) electrons. The maximum atomic E-state index is 10.7. The average Bonchev–Trinajstić information content (AvgIpc) is 2.88. The summed E-state index contributed by atoms with van der Waals surface area (Å²) in [6, 6.07) is 15.9. The molecule has 5 nitrogen and oxygen atoms in total. The van der Waals surface area contributed by atoms with E-state index >= 15 is 0 Å². The maximum absolute atomic E-state index is 10.7. The molecule has 0 N–H and O–H groups in total. The van der Waals surface area contributed by atoms with Crippen LogP contribution in [0.1, 0.15) is 17.0 Å². The predicted molar refractivity (Wildman–Crippen MR) is 101 cm³/mol. The zero-order valence-electron chi connectivity index (χ0n) is 13.8. The summed E-state index contributed by atoms with van der Waals surface area (Å²) >= 11 is 5.96. The minimum atomic E-state index is -0.423. The maximum Gasteiger partial charge on any atom is 0.269 e. The van der Waals surface area contributed by atoms with E-state index in [1.807, 2.05) is 38.1 Å². The van der Waals surface area contributed by atoms with E-state index in [-0.39, 0.29) is 5.69 Å². The summed E-state index contributed by atoms with van der Waals surface area (Å²) in [5, 5.41) is 11.4. The quantitative estimate of drug-likeness (QED) is 0.358. The molecule has 0 aliphatic carbocycles. The highest BCUT2D eigenvalue weighted by Crippen LogP contribution is 2.23. The van der Waals surface area contributed by atoms with E-state index in [4.69, 9.17) is 11.6 Å². The van der Waals surface area contributed by atoms with Crippen molar-refractivity contribution in [3.05, 3.63) is 86.7 Å². The van der Waals surface area contributed by atoms with Crippen LogP contribution in [0.3, 0.4) is 0 Å². The molecule has 0 saturated heterocycles. The molecule has 0 saturated carbocycles. The van der Waals surface area contributed by atoms with Crippen molar-refractivity contribution >= 4 is 29.2 Å². The van der Waals surface area contributed by atoms with Crippen LogP contribution in [0.25, 0.3) is 5.69 Å². The van der Waals surface area contributed by atoms with Gasteiger partial charge in [0, 0.05) is 46.0 Å². The van der Waals surface area contributed by atoms with Crippen LogP contribution in [-0.4, -0.2) is 15.7 Å². The van der Waals surface area contributed by atoms with Gasteiger partial charge in [0.25, 0.3) is 5.69 Å². The molecule has 0 aliphatic heterocycles. The van der Waals surface area contributed by atoms with E-state index in [1.165, 1.54) is 12.1 Å². The fourth-order valence-corrected chi connectivity index (χ4v) is 2.84. The third-order valence-corrected chi connectivity index (χ3v) is 4.22. The third-order valence-electron chi connectivity index (χ3n) is 3.97. The van der Waals surface area contributed by atoms with E-state index in [9.17, 15) is 10.1 Å². The highest BCUT2D eigenvalue weighted by atomic mass is 35.5. The Balaban J connectivity index is 1.89. The molecule has 1 aromatic heterocycles. The van der Waals surface area contributed by atoms with Crippen LogP contribution in [-0.2, 0) is 0 Å². The van der Waals surface area contributed by atoms with Crippen molar-refractivity contribution in [3.8, 4) is 5.69 Å². The lowest BCUT2D eigenvalue weighted by atomic mass is 10.2. The second kappa shape index (κ2) is 6.91. The summed E-state index contributed by atoms with van der Waals surface area (Å²) < 4.78 is 2.13. The number of hydrogen-bond donors (Lipinski definition) is 0. The standard InChI is InChI=1S/C19H16ClN3O2/c1-13-11-15(12-21-17-5-9-19(10-6-17)23(24)25)14(2)22(13)18-7-3-16(20)4-8-18/h3-12H,1-2H3. The van der Waals surface area contributed by atoms with Crippen molar-refractivity contribution in [2.24, 2.45) is 4.99 Å². The normalized spacial score (nSPS) is 11.2. The molecule has 0 spiro atoms. The Kier molecular flexibility index (Phi) is 4.67. The Bertz CT molecular complexity index is 942. The van der Waals surface area contributed by atoms with Crippen molar-refractivity contribution in [2.45, 2.75) is 13.8 Å². The van der Waals surface area contributed by atoms with Gasteiger partial charge in [-0.25, -0.2) is 0 Å². The van der Waals surface area contributed by atoms with Gasteiger partial charge in [-0.1, -0.05) is 11.6 Å². The number of halogens is 1. The molecule has 3 rings (SSSR count). The second-order valence-electron chi connectivity index (χ2n) is 5.67.